The number of esters is 1. The first-order valence-electron chi connectivity index (χ1n) is 6.63. The van der Waals surface area contributed by atoms with Crippen LogP contribution in [0.3, 0.4) is 0 Å². The summed E-state index contributed by atoms with van der Waals surface area (Å²) in [5, 5.41) is 3.39. The van der Waals surface area contributed by atoms with E-state index in [4.69, 9.17) is 4.74 Å². The summed E-state index contributed by atoms with van der Waals surface area (Å²) in [7, 11) is 0. The number of nitrogens with one attached hydrogen (secondary N) is 1. The maximum absolute atomic E-state index is 11.5. The van der Waals surface area contributed by atoms with E-state index in [1.54, 1.807) is 0 Å². The predicted molar refractivity (Wildman–Crippen MR) is 67.5 cm³/mol. The fourth-order valence-corrected chi connectivity index (χ4v) is 1.43. The van der Waals surface area contributed by atoms with Gasteiger partial charge >= 0.3 is 5.97 Å². The molecular weight excluding hydrogens is 202 g/mol. The molecule has 0 saturated heterocycles. The lowest BCUT2D eigenvalue weighted by molar-refractivity contribution is -0.144. The average Bonchev–Trinajstić information content (AvgIpc) is 2.28. The van der Waals surface area contributed by atoms with Crippen LogP contribution in [0, 0.1) is 0 Å². The van der Waals surface area contributed by atoms with E-state index in [1.165, 1.54) is 12.8 Å². The molecule has 3 heteroatoms. The fraction of sp³-hybridized carbons (Fsp3) is 0.923. The summed E-state index contributed by atoms with van der Waals surface area (Å²) in [6.07, 6.45) is 5.87. The van der Waals surface area contributed by atoms with Crippen molar-refractivity contribution in [3.8, 4) is 0 Å². The topological polar surface area (TPSA) is 38.3 Å². The minimum absolute atomic E-state index is 0.0655. The third kappa shape index (κ3) is 8.72. The van der Waals surface area contributed by atoms with Crippen molar-refractivity contribution >= 4 is 5.97 Å². The van der Waals surface area contributed by atoms with Crippen LogP contribution in [0.4, 0.5) is 0 Å². The molecule has 0 aromatic heterocycles. The summed E-state index contributed by atoms with van der Waals surface area (Å²) in [4.78, 5) is 11.5. The van der Waals surface area contributed by atoms with Crippen LogP contribution in [0.15, 0.2) is 0 Å². The van der Waals surface area contributed by atoms with Gasteiger partial charge in [-0.25, -0.2) is 0 Å². The predicted octanol–water partition coefficient (Wildman–Crippen LogP) is 2.89. The maximum Gasteiger partial charge on any atom is 0.307 e. The van der Waals surface area contributed by atoms with E-state index in [1.807, 2.05) is 0 Å². The first-order chi connectivity index (χ1) is 7.74. The molecule has 0 radical (unpaired) electrons. The van der Waals surface area contributed by atoms with E-state index in [0.29, 0.717) is 13.0 Å². The highest BCUT2D eigenvalue weighted by Gasteiger charge is 2.11. The van der Waals surface area contributed by atoms with Gasteiger partial charge in [-0.3, -0.25) is 4.79 Å². The molecule has 0 heterocycles. The first-order valence-corrected chi connectivity index (χ1v) is 6.63. The van der Waals surface area contributed by atoms with Gasteiger partial charge in [-0.2, -0.15) is 0 Å². The van der Waals surface area contributed by atoms with Crippen LogP contribution in [0.25, 0.3) is 0 Å². The second kappa shape index (κ2) is 10.9. The second-order valence-corrected chi connectivity index (χ2v) is 4.19. The smallest absolute Gasteiger partial charge is 0.307 e. The van der Waals surface area contributed by atoms with Crippen LogP contribution < -0.4 is 5.32 Å². The van der Waals surface area contributed by atoms with E-state index in [-0.39, 0.29) is 12.0 Å². The fourth-order valence-electron chi connectivity index (χ4n) is 1.43. The van der Waals surface area contributed by atoms with E-state index >= 15 is 0 Å². The molecular formula is C13H27NO2. The second-order valence-electron chi connectivity index (χ2n) is 4.19. The van der Waals surface area contributed by atoms with Crippen LogP contribution in [0.2, 0.25) is 0 Å². The summed E-state index contributed by atoms with van der Waals surface area (Å²) < 4.78 is 5.14. The van der Waals surface area contributed by atoms with E-state index in [9.17, 15) is 4.79 Å². The Bertz CT molecular complexity index is 171. The summed E-state index contributed by atoms with van der Waals surface area (Å²) in [5.74, 6) is -0.0655. The van der Waals surface area contributed by atoms with Crippen molar-refractivity contribution < 1.29 is 9.53 Å². The average molecular weight is 229 g/mol. The normalized spacial score (nSPS) is 12.4. The van der Waals surface area contributed by atoms with Gasteiger partial charge < -0.3 is 10.1 Å². The van der Waals surface area contributed by atoms with Gasteiger partial charge in [0.15, 0.2) is 0 Å². The van der Waals surface area contributed by atoms with Crippen LogP contribution in [0.1, 0.15) is 59.3 Å². The summed E-state index contributed by atoms with van der Waals surface area (Å²) in [6.45, 7) is 7.93. The molecule has 0 bridgehead atoms. The number of carbonyl (C=O) groups is 1. The molecule has 0 aromatic rings. The molecule has 0 aliphatic carbocycles. The quantitative estimate of drug-likeness (QED) is 0.462. The standard InChI is InChI=1S/C13H27NO2/c1-4-7-9-14-12(6-3)11-13(15)16-10-8-5-2/h12,14H,4-11H2,1-3H3. The molecule has 0 fully saturated rings. The van der Waals surface area contributed by atoms with Gasteiger partial charge in [0.05, 0.1) is 13.0 Å². The van der Waals surface area contributed by atoms with Crippen LogP contribution >= 0.6 is 0 Å². The zero-order chi connectivity index (χ0) is 12.2. The molecule has 0 spiro atoms. The molecule has 1 N–H and O–H groups in total. The van der Waals surface area contributed by atoms with Crippen molar-refractivity contribution in [2.75, 3.05) is 13.2 Å². The number of carbonyl (C=O) groups excluding carboxylic acids is 1. The zero-order valence-corrected chi connectivity index (χ0v) is 11.1. The van der Waals surface area contributed by atoms with Gasteiger partial charge in [0.25, 0.3) is 0 Å². The molecule has 96 valence electrons. The Morgan fingerprint density at radius 1 is 1.19 bits per heavy atom. The largest absolute Gasteiger partial charge is 0.466 e. The van der Waals surface area contributed by atoms with Crippen molar-refractivity contribution in [3.05, 3.63) is 0 Å². The highest BCUT2D eigenvalue weighted by Crippen LogP contribution is 2.01. The maximum atomic E-state index is 11.5. The molecule has 0 saturated carbocycles. The number of rotatable bonds is 10. The van der Waals surface area contributed by atoms with Crippen molar-refractivity contribution in [1.29, 1.82) is 0 Å². The Morgan fingerprint density at radius 2 is 1.88 bits per heavy atom. The molecule has 0 aliphatic rings. The van der Waals surface area contributed by atoms with Gasteiger partial charge in [-0.15, -0.1) is 0 Å². The molecule has 0 rings (SSSR count). The van der Waals surface area contributed by atoms with E-state index in [0.717, 1.165) is 25.8 Å². The molecule has 0 aliphatic heterocycles. The monoisotopic (exact) mass is 229 g/mol. The van der Waals surface area contributed by atoms with Crippen LogP contribution in [0.5, 0.6) is 0 Å². The Kier molecular flexibility index (Phi) is 10.5. The molecule has 1 unspecified atom stereocenters. The summed E-state index contributed by atoms with van der Waals surface area (Å²) >= 11 is 0. The highest BCUT2D eigenvalue weighted by atomic mass is 16.5. The minimum Gasteiger partial charge on any atom is -0.466 e. The van der Waals surface area contributed by atoms with Crippen LogP contribution in [-0.4, -0.2) is 25.2 Å². The first kappa shape index (κ1) is 15.4. The molecule has 1 atom stereocenters. The number of ether oxygens (including phenoxy) is 1. The number of unbranched alkanes of at least 4 members (excludes halogenated alkanes) is 2. The van der Waals surface area contributed by atoms with Crippen molar-refractivity contribution in [2.45, 2.75) is 65.3 Å². The van der Waals surface area contributed by atoms with Crippen molar-refractivity contribution in [2.24, 2.45) is 0 Å². The molecule has 0 amide bonds. The van der Waals surface area contributed by atoms with Crippen molar-refractivity contribution in [3.63, 3.8) is 0 Å². The third-order valence-corrected chi connectivity index (χ3v) is 2.63. The minimum atomic E-state index is -0.0655. The molecule has 3 nitrogen and oxygen atoms in total. The van der Waals surface area contributed by atoms with Gasteiger partial charge in [-0.05, 0) is 25.8 Å². The Morgan fingerprint density at radius 3 is 2.44 bits per heavy atom. The summed E-state index contributed by atoms with van der Waals surface area (Å²) in [5.41, 5.74) is 0. The lowest BCUT2D eigenvalue weighted by Gasteiger charge is -2.15. The number of hydrogen-bond donors (Lipinski definition) is 1. The zero-order valence-electron chi connectivity index (χ0n) is 11.1. The van der Waals surface area contributed by atoms with E-state index < -0.39 is 0 Å². The number of hydrogen-bond acceptors (Lipinski definition) is 3. The lowest BCUT2D eigenvalue weighted by Crippen LogP contribution is -2.32. The van der Waals surface area contributed by atoms with Gasteiger partial charge in [0, 0.05) is 6.04 Å². The van der Waals surface area contributed by atoms with Gasteiger partial charge in [0.1, 0.15) is 0 Å². The van der Waals surface area contributed by atoms with Crippen LogP contribution in [-0.2, 0) is 9.53 Å². The van der Waals surface area contributed by atoms with Gasteiger partial charge in [-0.1, -0.05) is 33.6 Å². The Labute approximate surface area is 99.9 Å². The third-order valence-electron chi connectivity index (χ3n) is 2.63. The van der Waals surface area contributed by atoms with E-state index in [2.05, 4.69) is 26.1 Å². The highest BCUT2D eigenvalue weighted by molar-refractivity contribution is 5.70. The summed E-state index contributed by atoms with van der Waals surface area (Å²) in [6, 6.07) is 0.278. The Hall–Kier alpha value is -0.570. The Balaban J connectivity index is 3.61. The lowest BCUT2D eigenvalue weighted by atomic mass is 10.1. The molecule has 16 heavy (non-hydrogen) atoms. The van der Waals surface area contributed by atoms with Gasteiger partial charge in [0.2, 0.25) is 0 Å². The van der Waals surface area contributed by atoms with Crippen molar-refractivity contribution in [1.82, 2.24) is 5.32 Å². The SMILES string of the molecule is CCCCNC(CC)CC(=O)OCCCC. The molecule has 0 aromatic carbocycles.